The molecule has 2 aromatic rings. The quantitative estimate of drug-likeness (QED) is 0.693. The van der Waals surface area contributed by atoms with Crippen LogP contribution >= 0.6 is 0 Å². The number of rotatable bonds is 3. The first-order valence-electron chi connectivity index (χ1n) is 9.58. The van der Waals surface area contributed by atoms with Crippen LogP contribution in [0.4, 0.5) is 11.5 Å². The van der Waals surface area contributed by atoms with Gasteiger partial charge in [0, 0.05) is 25.4 Å². The average molecular weight is 430 g/mol. The Bertz CT molecular complexity index is 1250. The van der Waals surface area contributed by atoms with Gasteiger partial charge in [-0.2, -0.15) is 0 Å². The van der Waals surface area contributed by atoms with Crippen LogP contribution in [-0.2, 0) is 9.84 Å². The van der Waals surface area contributed by atoms with Crippen molar-refractivity contribution in [2.75, 3.05) is 30.0 Å². The molecule has 1 atom stereocenters. The van der Waals surface area contributed by atoms with Crippen LogP contribution in [0.3, 0.4) is 0 Å². The van der Waals surface area contributed by atoms with Crippen LogP contribution in [0.2, 0.25) is 0 Å². The van der Waals surface area contributed by atoms with E-state index in [9.17, 15) is 22.8 Å². The maximum absolute atomic E-state index is 12.7. The second-order valence-electron chi connectivity index (χ2n) is 7.89. The number of nitrogens with two attached hydrogens (primary N) is 1. The topological polar surface area (TPSA) is 132 Å². The zero-order chi connectivity index (χ0) is 21.8. The molecule has 2 aliphatic heterocycles. The number of aromatic nitrogens is 1. The van der Waals surface area contributed by atoms with E-state index >= 15 is 0 Å². The number of pyridine rings is 1. The molecule has 4 rings (SSSR count). The number of nitrogen functional groups attached to an aromatic ring is 1. The van der Waals surface area contributed by atoms with E-state index in [0.717, 1.165) is 29.7 Å². The van der Waals surface area contributed by atoms with Crippen molar-refractivity contribution < 1.29 is 18.0 Å². The Kier molecular flexibility index (Phi) is 4.69. The highest BCUT2D eigenvalue weighted by Gasteiger charge is 2.32. The molecule has 0 bridgehead atoms. The number of sulfone groups is 1. The number of amides is 2. The van der Waals surface area contributed by atoms with E-state index in [4.69, 9.17) is 5.73 Å². The predicted molar refractivity (Wildman–Crippen MR) is 112 cm³/mol. The fourth-order valence-electron chi connectivity index (χ4n) is 4.16. The summed E-state index contributed by atoms with van der Waals surface area (Å²) in [6, 6.07) is 5.60. The van der Waals surface area contributed by atoms with Gasteiger partial charge in [0.2, 0.25) is 0 Å². The molecule has 2 aliphatic rings. The molecule has 1 unspecified atom stereocenters. The number of piperidine rings is 1. The Hall–Kier alpha value is -3.14. The van der Waals surface area contributed by atoms with Gasteiger partial charge in [0.25, 0.3) is 17.4 Å². The molecule has 9 nitrogen and oxygen atoms in total. The maximum Gasteiger partial charge on any atom is 0.262 e. The van der Waals surface area contributed by atoms with E-state index in [0.29, 0.717) is 30.4 Å². The van der Waals surface area contributed by atoms with Crippen LogP contribution < -0.4 is 21.5 Å². The number of hydrogen-bond acceptors (Lipinski definition) is 7. The highest BCUT2D eigenvalue weighted by atomic mass is 32.2. The zero-order valence-corrected chi connectivity index (χ0v) is 17.5. The summed E-state index contributed by atoms with van der Waals surface area (Å²) in [5.74, 6) is -1.09. The molecule has 0 saturated carbocycles. The minimum absolute atomic E-state index is 0.0556. The Labute approximate surface area is 173 Å². The molecule has 3 N–H and O–H groups in total. The summed E-state index contributed by atoms with van der Waals surface area (Å²) < 4.78 is 25.9. The van der Waals surface area contributed by atoms with Gasteiger partial charge in [-0.15, -0.1) is 0 Å². The number of benzene rings is 1. The molecule has 1 aromatic carbocycles. The summed E-state index contributed by atoms with van der Waals surface area (Å²) >= 11 is 0. The van der Waals surface area contributed by atoms with Crippen LogP contribution in [0.15, 0.2) is 34.0 Å². The van der Waals surface area contributed by atoms with Crippen molar-refractivity contribution in [2.45, 2.75) is 24.7 Å². The molecule has 30 heavy (non-hydrogen) atoms. The first kappa shape index (κ1) is 20.1. The Morgan fingerprint density at radius 1 is 1.13 bits per heavy atom. The summed E-state index contributed by atoms with van der Waals surface area (Å²) in [5, 5.41) is 2.13. The van der Waals surface area contributed by atoms with Crippen molar-refractivity contribution in [1.29, 1.82) is 0 Å². The lowest BCUT2D eigenvalue weighted by atomic mass is 9.99. The van der Waals surface area contributed by atoms with Gasteiger partial charge in [-0.25, -0.2) is 8.42 Å². The largest absolute Gasteiger partial charge is 0.384 e. The lowest BCUT2D eigenvalue weighted by Gasteiger charge is -2.34. The van der Waals surface area contributed by atoms with Gasteiger partial charge in [-0.3, -0.25) is 24.3 Å². The maximum atomic E-state index is 12.7. The normalized spacial score (nSPS) is 19.0. The molecule has 158 valence electrons. The van der Waals surface area contributed by atoms with Crippen molar-refractivity contribution in [1.82, 2.24) is 9.88 Å². The second kappa shape index (κ2) is 6.98. The first-order valence-corrected chi connectivity index (χ1v) is 11.5. The third kappa shape index (κ3) is 3.26. The Morgan fingerprint density at radius 3 is 2.53 bits per heavy atom. The fraction of sp³-hybridized carbons (Fsp3) is 0.350. The van der Waals surface area contributed by atoms with Crippen molar-refractivity contribution >= 4 is 33.2 Å². The van der Waals surface area contributed by atoms with Crippen LogP contribution in [0.25, 0.3) is 5.69 Å². The minimum atomic E-state index is -3.51. The average Bonchev–Trinajstić information content (AvgIpc) is 2.94. The van der Waals surface area contributed by atoms with Crippen LogP contribution in [0.1, 0.15) is 40.5 Å². The molecule has 2 amide bonds. The number of carbonyl (C=O) groups excluding carboxylic acids is 2. The number of imide groups is 1. The van der Waals surface area contributed by atoms with E-state index in [1.807, 2.05) is 4.90 Å². The van der Waals surface area contributed by atoms with Gasteiger partial charge < -0.3 is 10.6 Å². The molecule has 1 aromatic heterocycles. The van der Waals surface area contributed by atoms with Gasteiger partial charge in [-0.05, 0) is 37.0 Å². The van der Waals surface area contributed by atoms with Crippen molar-refractivity contribution in [3.8, 4) is 5.69 Å². The van der Waals surface area contributed by atoms with Gasteiger partial charge >= 0.3 is 0 Å². The number of anilines is 2. The van der Waals surface area contributed by atoms with Crippen LogP contribution in [-0.4, -0.2) is 44.1 Å². The van der Waals surface area contributed by atoms with Crippen molar-refractivity contribution in [2.24, 2.45) is 5.92 Å². The van der Waals surface area contributed by atoms with E-state index in [-0.39, 0.29) is 21.8 Å². The third-order valence-corrected chi connectivity index (χ3v) is 6.70. The van der Waals surface area contributed by atoms with E-state index < -0.39 is 27.2 Å². The lowest BCUT2D eigenvalue weighted by Crippen LogP contribution is -2.35. The van der Waals surface area contributed by atoms with Crippen molar-refractivity contribution in [3.05, 3.63) is 45.7 Å². The Balaban J connectivity index is 1.93. The van der Waals surface area contributed by atoms with Crippen LogP contribution in [0, 0.1) is 5.92 Å². The monoisotopic (exact) mass is 430 g/mol. The molecule has 1 saturated heterocycles. The summed E-state index contributed by atoms with van der Waals surface area (Å²) in [6.07, 6.45) is 3.13. The molecule has 1 fully saturated rings. The lowest BCUT2D eigenvalue weighted by molar-refractivity contribution is 0.0880. The Morgan fingerprint density at radius 2 is 1.87 bits per heavy atom. The smallest absolute Gasteiger partial charge is 0.262 e. The molecule has 0 radical (unpaired) electrons. The number of carbonyl (C=O) groups is 2. The fourth-order valence-corrected chi connectivity index (χ4v) is 5.04. The number of fused-ring (bicyclic) bond motifs is 1. The summed E-state index contributed by atoms with van der Waals surface area (Å²) in [7, 11) is -3.51. The zero-order valence-electron chi connectivity index (χ0n) is 16.6. The second-order valence-corrected chi connectivity index (χ2v) is 9.88. The van der Waals surface area contributed by atoms with Crippen LogP contribution in [0.5, 0.6) is 0 Å². The van der Waals surface area contributed by atoms with Crippen molar-refractivity contribution in [3.63, 3.8) is 0 Å². The highest BCUT2D eigenvalue weighted by Crippen LogP contribution is 2.32. The van der Waals surface area contributed by atoms with Gasteiger partial charge in [0.1, 0.15) is 5.82 Å². The van der Waals surface area contributed by atoms with Gasteiger partial charge in [0.15, 0.2) is 9.84 Å². The SMILES string of the molecule is CC1CCCN(c2cc(-n3c(N)c4c(cc3=O)C(=O)NC4=O)ccc2S(C)(=O)=O)C1. The third-order valence-electron chi connectivity index (χ3n) is 5.55. The number of nitrogens with zero attached hydrogens (tertiary/aromatic N) is 2. The minimum Gasteiger partial charge on any atom is -0.384 e. The van der Waals surface area contributed by atoms with Gasteiger partial charge in [0.05, 0.1) is 27.4 Å². The number of hydrogen-bond donors (Lipinski definition) is 2. The molecule has 3 heterocycles. The molecule has 0 spiro atoms. The number of nitrogens with one attached hydrogen (secondary N) is 1. The molecular weight excluding hydrogens is 408 g/mol. The summed E-state index contributed by atoms with van der Waals surface area (Å²) in [4.78, 5) is 38.9. The predicted octanol–water partition coefficient (Wildman–Crippen LogP) is 0.943. The summed E-state index contributed by atoms with van der Waals surface area (Å²) in [5.41, 5.74) is 6.24. The molecule has 10 heteroatoms. The van der Waals surface area contributed by atoms with E-state index in [1.54, 1.807) is 6.07 Å². The highest BCUT2D eigenvalue weighted by molar-refractivity contribution is 7.90. The van der Waals surface area contributed by atoms with E-state index in [1.165, 1.54) is 12.1 Å². The molecular formula is C20H22N4O5S. The standard InChI is InChI=1S/C20H22N4O5S/c1-11-4-3-7-23(10-11)14-8-12(5-6-15(14)30(2,28)29)24-16(25)9-13-17(18(24)21)20(27)22-19(13)26/h5-6,8-9,11H,3-4,7,10,21H2,1-2H3,(H,22,26,27). The molecule has 0 aliphatic carbocycles. The first-order chi connectivity index (χ1) is 14.1. The van der Waals surface area contributed by atoms with E-state index in [2.05, 4.69) is 12.2 Å². The summed E-state index contributed by atoms with van der Waals surface area (Å²) in [6.45, 7) is 3.49. The van der Waals surface area contributed by atoms with Gasteiger partial charge in [-0.1, -0.05) is 6.92 Å².